The molecular formula is C26H26O4. The second-order valence-electron chi connectivity index (χ2n) is 7.54. The lowest BCUT2D eigenvalue weighted by Crippen LogP contribution is -2.29. The largest absolute Gasteiger partial charge is 0.489 e. The van der Waals surface area contributed by atoms with Crippen molar-refractivity contribution in [3.63, 3.8) is 0 Å². The first kappa shape index (κ1) is 21.3. The van der Waals surface area contributed by atoms with E-state index in [-0.39, 0.29) is 11.7 Å². The Morgan fingerprint density at radius 2 is 1.50 bits per heavy atom. The molecule has 154 valence electrons. The zero-order chi connectivity index (χ0) is 21.5. The van der Waals surface area contributed by atoms with Gasteiger partial charge in [-0.2, -0.15) is 0 Å². The van der Waals surface area contributed by atoms with E-state index < -0.39 is 17.8 Å². The highest BCUT2D eigenvalue weighted by Crippen LogP contribution is 2.34. The molecule has 30 heavy (non-hydrogen) atoms. The molecule has 0 saturated carbocycles. The van der Waals surface area contributed by atoms with Gasteiger partial charge in [-0.1, -0.05) is 86.6 Å². The molecule has 0 amide bonds. The second-order valence-corrected chi connectivity index (χ2v) is 7.54. The fraction of sp³-hybridized carbons (Fsp3) is 0.231. The molecule has 0 fully saturated rings. The molecule has 0 aromatic heterocycles. The van der Waals surface area contributed by atoms with Crippen LogP contribution >= 0.6 is 0 Å². The molecule has 0 heterocycles. The highest BCUT2D eigenvalue weighted by molar-refractivity contribution is 6.01. The first-order valence-electron chi connectivity index (χ1n) is 10.1. The molecular weight excluding hydrogens is 376 g/mol. The summed E-state index contributed by atoms with van der Waals surface area (Å²) in [5.41, 5.74) is 2.37. The summed E-state index contributed by atoms with van der Waals surface area (Å²) >= 11 is 0. The fourth-order valence-electron chi connectivity index (χ4n) is 3.53. The Morgan fingerprint density at radius 1 is 0.867 bits per heavy atom. The predicted octanol–water partition coefficient (Wildman–Crippen LogP) is 5.59. The quantitative estimate of drug-likeness (QED) is 0.474. The molecule has 0 spiro atoms. The molecule has 0 aliphatic carbocycles. The van der Waals surface area contributed by atoms with E-state index in [1.165, 1.54) is 0 Å². The van der Waals surface area contributed by atoms with Gasteiger partial charge < -0.3 is 9.84 Å². The van der Waals surface area contributed by atoms with Crippen molar-refractivity contribution in [3.05, 3.63) is 102 Å². The molecule has 3 rings (SSSR count). The number of benzene rings is 3. The number of Topliss-reactive ketones (excluding diaryl/α,β-unsaturated/α-hetero) is 1. The molecule has 3 aromatic carbocycles. The van der Waals surface area contributed by atoms with Crippen molar-refractivity contribution in [2.24, 2.45) is 11.8 Å². The van der Waals surface area contributed by atoms with Crippen LogP contribution in [0.2, 0.25) is 0 Å². The SMILES string of the molecule is CC(C(=O)O)C(C)C(C(=O)c1cccc(OCc2ccccc2)c1)c1ccccc1. The Morgan fingerprint density at radius 3 is 2.13 bits per heavy atom. The molecule has 0 saturated heterocycles. The zero-order valence-corrected chi connectivity index (χ0v) is 17.2. The van der Waals surface area contributed by atoms with E-state index in [4.69, 9.17) is 4.74 Å². The summed E-state index contributed by atoms with van der Waals surface area (Å²) in [6.07, 6.45) is 0. The summed E-state index contributed by atoms with van der Waals surface area (Å²) in [6, 6.07) is 26.3. The van der Waals surface area contributed by atoms with Crippen LogP contribution in [-0.4, -0.2) is 16.9 Å². The third-order valence-electron chi connectivity index (χ3n) is 5.51. The smallest absolute Gasteiger partial charge is 0.306 e. The van der Waals surface area contributed by atoms with Gasteiger partial charge in [-0.05, 0) is 29.2 Å². The Labute approximate surface area is 177 Å². The number of rotatable bonds is 9. The minimum Gasteiger partial charge on any atom is -0.489 e. The number of carboxylic acid groups (broad SMARTS) is 1. The van der Waals surface area contributed by atoms with Crippen LogP contribution in [0, 0.1) is 11.8 Å². The van der Waals surface area contributed by atoms with Gasteiger partial charge in [-0.25, -0.2) is 0 Å². The third kappa shape index (κ3) is 5.15. The lowest BCUT2D eigenvalue weighted by atomic mass is 9.76. The van der Waals surface area contributed by atoms with Crippen LogP contribution in [0.3, 0.4) is 0 Å². The molecule has 0 radical (unpaired) electrons. The van der Waals surface area contributed by atoms with Crippen LogP contribution in [-0.2, 0) is 11.4 Å². The number of aliphatic carboxylic acids is 1. The predicted molar refractivity (Wildman–Crippen MR) is 117 cm³/mol. The Bertz CT molecular complexity index is 982. The average molecular weight is 402 g/mol. The van der Waals surface area contributed by atoms with Crippen molar-refractivity contribution in [1.82, 2.24) is 0 Å². The number of carboxylic acids is 1. The fourth-order valence-corrected chi connectivity index (χ4v) is 3.53. The maximum absolute atomic E-state index is 13.5. The van der Waals surface area contributed by atoms with Gasteiger partial charge in [0.2, 0.25) is 0 Å². The summed E-state index contributed by atoms with van der Waals surface area (Å²) in [5.74, 6) is -1.98. The van der Waals surface area contributed by atoms with E-state index in [0.29, 0.717) is 17.9 Å². The van der Waals surface area contributed by atoms with Crippen molar-refractivity contribution in [3.8, 4) is 5.75 Å². The van der Waals surface area contributed by atoms with Crippen LogP contribution < -0.4 is 4.74 Å². The van der Waals surface area contributed by atoms with Crippen molar-refractivity contribution < 1.29 is 19.4 Å². The van der Waals surface area contributed by atoms with Crippen LogP contribution in [0.5, 0.6) is 5.75 Å². The first-order valence-corrected chi connectivity index (χ1v) is 10.1. The van der Waals surface area contributed by atoms with E-state index in [0.717, 1.165) is 11.1 Å². The molecule has 0 aliphatic rings. The number of ketones is 1. The summed E-state index contributed by atoms with van der Waals surface area (Å²) in [6.45, 7) is 3.88. The molecule has 3 aromatic rings. The van der Waals surface area contributed by atoms with E-state index in [2.05, 4.69) is 0 Å². The van der Waals surface area contributed by atoms with Crippen molar-refractivity contribution in [2.45, 2.75) is 26.4 Å². The number of ether oxygens (including phenoxy) is 1. The summed E-state index contributed by atoms with van der Waals surface area (Å²) in [5, 5.41) is 9.49. The maximum atomic E-state index is 13.5. The standard InChI is InChI=1S/C26H26O4/c1-18(19(2)26(28)29)24(21-12-7-4-8-13-21)25(27)22-14-9-15-23(16-22)30-17-20-10-5-3-6-11-20/h3-16,18-19,24H,17H2,1-2H3,(H,28,29). The molecule has 4 heteroatoms. The monoisotopic (exact) mass is 402 g/mol. The second kappa shape index (κ2) is 9.88. The zero-order valence-electron chi connectivity index (χ0n) is 17.2. The van der Waals surface area contributed by atoms with Crippen molar-refractivity contribution in [2.75, 3.05) is 0 Å². The Hall–Kier alpha value is -3.40. The van der Waals surface area contributed by atoms with Crippen molar-refractivity contribution in [1.29, 1.82) is 0 Å². The van der Waals surface area contributed by atoms with Gasteiger partial charge in [0.15, 0.2) is 5.78 Å². The molecule has 3 atom stereocenters. The highest BCUT2D eigenvalue weighted by atomic mass is 16.5. The lowest BCUT2D eigenvalue weighted by Gasteiger charge is -2.26. The van der Waals surface area contributed by atoms with Crippen LogP contribution in [0.1, 0.15) is 41.3 Å². The summed E-state index contributed by atoms with van der Waals surface area (Å²) in [4.78, 5) is 25.1. The number of carbonyl (C=O) groups excluding carboxylic acids is 1. The van der Waals surface area contributed by atoms with Crippen molar-refractivity contribution >= 4 is 11.8 Å². The number of hydrogen-bond donors (Lipinski definition) is 1. The Kier molecular flexibility index (Phi) is 7.02. The number of hydrogen-bond acceptors (Lipinski definition) is 3. The van der Waals surface area contributed by atoms with Gasteiger partial charge in [0, 0.05) is 5.56 Å². The van der Waals surface area contributed by atoms with E-state index in [9.17, 15) is 14.7 Å². The van der Waals surface area contributed by atoms with Crippen LogP contribution in [0.25, 0.3) is 0 Å². The Balaban J connectivity index is 1.86. The molecule has 0 aliphatic heterocycles. The molecule has 3 unspecified atom stereocenters. The van der Waals surface area contributed by atoms with Gasteiger partial charge >= 0.3 is 5.97 Å². The van der Waals surface area contributed by atoms with Crippen LogP contribution in [0.15, 0.2) is 84.9 Å². The molecule has 4 nitrogen and oxygen atoms in total. The summed E-state index contributed by atoms with van der Waals surface area (Å²) < 4.78 is 5.87. The topological polar surface area (TPSA) is 63.6 Å². The van der Waals surface area contributed by atoms with Crippen LogP contribution in [0.4, 0.5) is 0 Å². The maximum Gasteiger partial charge on any atom is 0.306 e. The van der Waals surface area contributed by atoms with Gasteiger partial charge in [0.1, 0.15) is 12.4 Å². The van der Waals surface area contributed by atoms with Gasteiger partial charge in [0.25, 0.3) is 0 Å². The van der Waals surface area contributed by atoms with E-state index in [1.54, 1.807) is 25.1 Å². The minimum absolute atomic E-state index is 0.105. The normalized spacial score (nSPS) is 13.8. The average Bonchev–Trinajstić information content (AvgIpc) is 2.78. The minimum atomic E-state index is -0.906. The summed E-state index contributed by atoms with van der Waals surface area (Å²) in [7, 11) is 0. The third-order valence-corrected chi connectivity index (χ3v) is 5.51. The lowest BCUT2D eigenvalue weighted by molar-refractivity contribution is -0.142. The molecule has 0 bridgehead atoms. The first-order chi connectivity index (χ1) is 14.5. The number of carbonyl (C=O) groups is 2. The van der Waals surface area contributed by atoms with E-state index in [1.807, 2.05) is 73.7 Å². The highest BCUT2D eigenvalue weighted by Gasteiger charge is 2.34. The van der Waals surface area contributed by atoms with E-state index >= 15 is 0 Å². The van der Waals surface area contributed by atoms with Gasteiger partial charge in [0.05, 0.1) is 11.8 Å². The van der Waals surface area contributed by atoms with Gasteiger partial charge in [-0.3, -0.25) is 9.59 Å². The molecule has 1 N–H and O–H groups in total. The van der Waals surface area contributed by atoms with Gasteiger partial charge in [-0.15, -0.1) is 0 Å².